The van der Waals surface area contributed by atoms with Crippen molar-refractivity contribution in [1.29, 1.82) is 0 Å². The molecule has 0 atom stereocenters. The zero-order valence-corrected chi connectivity index (χ0v) is 37.3. The second kappa shape index (κ2) is 24.0. The molecule has 0 bridgehead atoms. The lowest BCUT2D eigenvalue weighted by atomic mass is 9.90. The molecule has 0 saturated heterocycles. The summed E-state index contributed by atoms with van der Waals surface area (Å²) in [5.74, 6) is 2.00. The van der Waals surface area contributed by atoms with Crippen LogP contribution in [0, 0.1) is 10.8 Å². The van der Waals surface area contributed by atoms with Gasteiger partial charge in [0, 0.05) is 37.3 Å². The predicted molar refractivity (Wildman–Crippen MR) is 251 cm³/mol. The van der Waals surface area contributed by atoms with Gasteiger partial charge >= 0.3 is 0 Å². The van der Waals surface area contributed by atoms with Crippen LogP contribution in [0.15, 0.2) is 111 Å². The molecule has 3 aromatic carbocycles. The summed E-state index contributed by atoms with van der Waals surface area (Å²) >= 11 is 0. The quantitative estimate of drug-likeness (QED) is 0.0602. The topological polar surface area (TPSA) is 96.7 Å². The van der Waals surface area contributed by atoms with Gasteiger partial charge in [-0.2, -0.15) is 0 Å². The van der Waals surface area contributed by atoms with Crippen molar-refractivity contribution < 1.29 is 0 Å². The molecule has 0 unspecified atom stereocenters. The van der Waals surface area contributed by atoms with Crippen LogP contribution >= 0.6 is 0 Å². The average Bonchev–Trinajstić information content (AvgIpc) is 3.53. The van der Waals surface area contributed by atoms with Crippen LogP contribution in [0.25, 0.3) is 44.4 Å². The summed E-state index contributed by atoms with van der Waals surface area (Å²) in [6, 6.07) is 22.1. The molecular weight excluding hydrogens is 713 g/mol. The third kappa shape index (κ3) is 16.0. The second-order valence-electron chi connectivity index (χ2n) is 16.9. The Kier molecular flexibility index (Phi) is 19.6. The lowest BCUT2D eigenvalue weighted by Crippen LogP contribution is -2.32. The van der Waals surface area contributed by atoms with E-state index in [1.807, 2.05) is 19.4 Å². The van der Waals surface area contributed by atoms with E-state index in [1.54, 1.807) is 12.4 Å². The molecule has 2 heterocycles. The van der Waals surface area contributed by atoms with Gasteiger partial charge in [-0.15, -0.1) is 0 Å². The molecule has 0 spiro atoms. The van der Waals surface area contributed by atoms with Gasteiger partial charge in [-0.05, 0) is 89.1 Å². The number of nitrogens with one attached hydrogen (secondary N) is 5. The highest BCUT2D eigenvalue weighted by molar-refractivity contribution is 5.90. The van der Waals surface area contributed by atoms with E-state index in [2.05, 4.69) is 172 Å². The van der Waals surface area contributed by atoms with Gasteiger partial charge in [0.05, 0.1) is 36.9 Å². The number of imidazole rings is 2. The first-order chi connectivity index (χ1) is 27.8. The van der Waals surface area contributed by atoms with Crippen molar-refractivity contribution in [3.63, 3.8) is 0 Å². The Morgan fingerprint density at radius 2 is 1.28 bits per heavy atom. The normalized spacial score (nSPS) is 12.4. The summed E-state index contributed by atoms with van der Waals surface area (Å²) < 4.78 is 0. The van der Waals surface area contributed by atoms with E-state index in [9.17, 15) is 0 Å². The Balaban J connectivity index is 0.000000605. The number of aromatic nitrogens is 4. The summed E-state index contributed by atoms with van der Waals surface area (Å²) in [5, 5.41) is 11.6. The fourth-order valence-corrected chi connectivity index (χ4v) is 6.05. The molecule has 5 N–H and O–H groups in total. The summed E-state index contributed by atoms with van der Waals surface area (Å²) in [6.07, 6.45) is 14.4. The van der Waals surface area contributed by atoms with E-state index in [0.717, 1.165) is 72.3 Å². The molecule has 8 heteroatoms. The minimum atomic E-state index is 0.300. The second-order valence-corrected chi connectivity index (χ2v) is 16.9. The van der Waals surface area contributed by atoms with Gasteiger partial charge in [-0.1, -0.05) is 136 Å². The van der Waals surface area contributed by atoms with Gasteiger partial charge in [0.1, 0.15) is 11.6 Å². The van der Waals surface area contributed by atoms with Crippen molar-refractivity contribution in [1.82, 2.24) is 40.8 Å². The first kappa shape index (κ1) is 47.3. The number of likely N-dealkylation sites (N-methyl/N-ethyl adjacent to an activating group) is 1. The van der Waals surface area contributed by atoms with Crippen molar-refractivity contribution in [3.8, 4) is 33.6 Å². The molecule has 314 valence electrons. The largest absolute Gasteiger partial charge is 0.390 e. The number of nitrogens with zero attached hydrogens (tertiary/aromatic N) is 3. The van der Waals surface area contributed by atoms with Crippen LogP contribution in [-0.2, 0) is 13.0 Å². The van der Waals surface area contributed by atoms with Gasteiger partial charge in [0.15, 0.2) is 0 Å². The molecule has 1 fully saturated rings. The number of fused-ring (bicyclic) bond motifs is 1. The molecule has 1 aliphatic carbocycles. The number of benzene rings is 3. The van der Waals surface area contributed by atoms with Gasteiger partial charge in [-0.25, -0.2) is 9.97 Å². The van der Waals surface area contributed by atoms with E-state index in [-0.39, 0.29) is 0 Å². The fourth-order valence-electron chi connectivity index (χ4n) is 6.05. The monoisotopic (exact) mass is 787 g/mol. The minimum Gasteiger partial charge on any atom is -0.390 e. The SMILES string of the molecule is C=CNCC(=C)N(Cc1ncc(-c2ccc3cc(-c4ccc(-c5cnc(CCC(C)(C)C)[nH]5)cc4)ccc3c2)[nH]1)CC1(C)CC1.C=CNCCNC.CCC.CCC. The maximum Gasteiger partial charge on any atom is 0.126 e. The standard InChI is InChI=1S/C39H46N6.C5H12N2.2C3H8/c1-7-40-22-27(2)45(26-39(6)18-19-39)25-37-42-24-35(44-37)33-15-14-31-20-30(12-13-32(31)21-33)28-8-10-29(11-9-28)34-23-41-36(43-34)16-17-38(3,4)5;1-3-7-5-4-6-2;2*1-3-2/h7-15,20-21,23-24,40H,1-2,16-19,22,25-26H2,3-6H3,(H,41,43)(H,42,44);3,6-7H,1,4-5H2,2H3;2*3H2,1-2H3. The Bertz CT molecular complexity index is 1950. The smallest absolute Gasteiger partial charge is 0.126 e. The van der Waals surface area contributed by atoms with Crippen molar-refractivity contribution >= 4 is 10.8 Å². The molecule has 0 amide bonds. The summed E-state index contributed by atoms with van der Waals surface area (Å²) in [4.78, 5) is 18.8. The van der Waals surface area contributed by atoms with Crippen LogP contribution in [0.2, 0.25) is 0 Å². The van der Waals surface area contributed by atoms with E-state index in [4.69, 9.17) is 4.98 Å². The summed E-state index contributed by atoms with van der Waals surface area (Å²) in [7, 11) is 1.92. The first-order valence-corrected chi connectivity index (χ1v) is 21.3. The van der Waals surface area contributed by atoms with Crippen molar-refractivity contribution in [2.24, 2.45) is 10.8 Å². The van der Waals surface area contributed by atoms with Crippen LogP contribution in [0.4, 0.5) is 0 Å². The van der Waals surface area contributed by atoms with Crippen LogP contribution in [0.3, 0.4) is 0 Å². The van der Waals surface area contributed by atoms with Crippen LogP contribution in [0.1, 0.15) is 99.1 Å². The maximum atomic E-state index is 4.74. The Morgan fingerprint density at radius 3 is 1.84 bits per heavy atom. The van der Waals surface area contributed by atoms with Crippen LogP contribution in [0.5, 0.6) is 0 Å². The van der Waals surface area contributed by atoms with E-state index in [1.165, 1.54) is 47.6 Å². The van der Waals surface area contributed by atoms with Crippen molar-refractivity contribution in [3.05, 3.63) is 123 Å². The van der Waals surface area contributed by atoms with Gasteiger partial charge in [0.25, 0.3) is 0 Å². The number of rotatable bonds is 17. The summed E-state index contributed by atoms with van der Waals surface area (Å²) in [5.41, 5.74) is 8.52. The molecule has 1 saturated carbocycles. The maximum absolute atomic E-state index is 4.74. The highest BCUT2D eigenvalue weighted by Gasteiger charge is 2.39. The third-order valence-corrected chi connectivity index (χ3v) is 9.63. The van der Waals surface area contributed by atoms with Gasteiger partial charge in [0.2, 0.25) is 0 Å². The Labute approximate surface area is 351 Å². The average molecular weight is 787 g/mol. The van der Waals surface area contributed by atoms with Gasteiger partial charge in [-0.3, -0.25) is 0 Å². The Hall–Kier alpha value is -5.08. The van der Waals surface area contributed by atoms with Crippen LogP contribution in [-0.4, -0.2) is 58.1 Å². The minimum absolute atomic E-state index is 0.300. The zero-order chi connectivity index (χ0) is 42.6. The lowest BCUT2D eigenvalue weighted by molar-refractivity contribution is 0.267. The molecule has 1 aliphatic rings. The molecule has 6 rings (SSSR count). The number of hydrogen-bond donors (Lipinski definition) is 5. The van der Waals surface area contributed by atoms with Gasteiger partial charge < -0.3 is 30.8 Å². The van der Waals surface area contributed by atoms with E-state index >= 15 is 0 Å². The predicted octanol–water partition coefficient (Wildman–Crippen LogP) is 11.9. The molecule has 0 aliphatic heterocycles. The lowest BCUT2D eigenvalue weighted by Gasteiger charge is -2.29. The number of hydrogen-bond acceptors (Lipinski definition) is 6. The molecule has 8 nitrogen and oxygen atoms in total. The number of aromatic amines is 2. The van der Waals surface area contributed by atoms with Crippen molar-refractivity contribution in [2.45, 2.75) is 100 Å². The highest BCUT2D eigenvalue weighted by Crippen LogP contribution is 2.46. The molecular formula is C50H74N8. The molecule has 58 heavy (non-hydrogen) atoms. The molecule has 2 aromatic heterocycles. The molecule has 0 radical (unpaired) electrons. The zero-order valence-electron chi connectivity index (χ0n) is 37.3. The highest BCUT2D eigenvalue weighted by atomic mass is 15.2. The van der Waals surface area contributed by atoms with E-state index < -0.39 is 0 Å². The van der Waals surface area contributed by atoms with Crippen molar-refractivity contribution in [2.75, 3.05) is 33.2 Å². The molecule has 5 aromatic rings. The number of aryl methyl sites for hydroxylation is 1. The first-order valence-electron chi connectivity index (χ1n) is 21.3. The third-order valence-electron chi connectivity index (χ3n) is 9.63. The van der Waals surface area contributed by atoms with Crippen LogP contribution < -0.4 is 16.0 Å². The summed E-state index contributed by atoms with van der Waals surface area (Å²) in [6.45, 7) is 33.6. The fraction of sp³-hybridized carbons (Fsp3) is 0.440. The van der Waals surface area contributed by atoms with E-state index in [0.29, 0.717) is 23.9 Å². The number of H-pyrrole nitrogens is 2. The Morgan fingerprint density at radius 1 is 0.759 bits per heavy atom.